The predicted octanol–water partition coefficient (Wildman–Crippen LogP) is 3.70. The molecule has 16 heavy (non-hydrogen) atoms. The minimum absolute atomic E-state index is 0.167. The summed E-state index contributed by atoms with van der Waals surface area (Å²) in [4.78, 5) is 1.94. The Morgan fingerprint density at radius 3 is 1.94 bits per heavy atom. The Bertz CT molecular complexity index is 209. The summed E-state index contributed by atoms with van der Waals surface area (Å²) in [5.74, 6) is 0.648. The third-order valence-corrected chi connectivity index (χ3v) is 3.52. The monoisotopic (exact) mass is 237 g/mol. The zero-order chi connectivity index (χ0) is 12.4. The van der Waals surface area contributed by atoms with E-state index in [1.54, 1.807) is 0 Å². The van der Waals surface area contributed by atoms with Crippen LogP contribution in [0.1, 0.15) is 40.0 Å². The zero-order valence-electron chi connectivity index (χ0n) is 10.4. The molecule has 0 aliphatic carbocycles. The van der Waals surface area contributed by atoms with E-state index < -0.39 is 12.6 Å². The second-order valence-electron chi connectivity index (χ2n) is 5.85. The first-order chi connectivity index (χ1) is 7.18. The molecule has 0 unspecified atom stereocenters. The molecule has 1 saturated heterocycles. The Kier molecular flexibility index (Phi) is 4.27. The summed E-state index contributed by atoms with van der Waals surface area (Å²) in [6.45, 7) is 8.44. The molecule has 0 radical (unpaired) electrons. The lowest BCUT2D eigenvalue weighted by Crippen LogP contribution is -2.39. The Balaban J connectivity index is 2.28. The summed E-state index contributed by atoms with van der Waals surface area (Å²) in [5.41, 5.74) is 0.288. The first-order valence-electron chi connectivity index (χ1n) is 5.97. The van der Waals surface area contributed by atoms with Gasteiger partial charge in [-0.25, -0.2) is 0 Å². The predicted molar refractivity (Wildman–Crippen MR) is 59.3 cm³/mol. The number of halogens is 3. The van der Waals surface area contributed by atoms with Gasteiger partial charge in [-0.3, -0.25) is 0 Å². The van der Waals surface area contributed by atoms with E-state index in [4.69, 9.17) is 0 Å². The Morgan fingerprint density at radius 2 is 1.56 bits per heavy atom. The van der Waals surface area contributed by atoms with Crippen LogP contribution in [0, 0.1) is 11.3 Å². The van der Waals surface area contributed by atoms with Crippen LogP contribution in [0.5, 0.6) is 0 Å². The smallest absolute Gasteiger partial charge is 0.303 e. The van der Waals surface area contributed by atoms with E-state index in [-0.39, 0.29) is 12.0 Å². The minimum Gasteiger partial charge on any atom is -0.303 e. The van der Waals surface area contributed by atoms with Crippen molar-refractivity contribution in [1.29, 1.82) is 0 Å². The maximum Gasteiger partial charge on any atom is 0.390 e. The molecule has 1 aliphatic rings. The molecule has 0 bridgehead atoms. The quantitative estimate of drug-likeness (QED) is 0.708. The molecule has 1 rings (SSSR count). The van der Waals surface area contributed by atoms with E-state index >= 15 is 0 Å². The number of likely N-dealkylation sites (tertiary alicyclic amines) is 1. The van der Waals surface area contributed by atoms with E-state index in [0.29, 0.717) is 5.92 Å². The summed E-state index contributed by atoms with van der Waals surface area (Å²) < 4.78 is 36.1. The number of rotatable bonds is 2. The number of hydrogen-bond acceptors (Lipinski definition) is 1. The summed E-state index contributed by atoms with van der Waals surface area (Å²) in [6.07, 6.45) is -2.63. The first-order valence-corrected chi connectivity index (χ1v) is 5.97. The Hall–Kier alpha value is -0.250. The largest absolute Gasteiger partial charge is 0.390 e. The minimum atomic E-state index is -4.01. The van der Waals surface area contributed by atoms with Crippen LogP contribution in [-0.4, -0.2) is 30.7 Å². The van der Waals surface area contributed by atoms with Crippen molar-refractivity contribution in [3.8, 4) is 0 Å². The van der Waals surface area contributed by atoms with Gasteiger partial charge in [0.05, 0.1) is 6.42 Å². The third-order valence-electron chi connectivity index (χ3n) is 3.52. The van der Waals surface area contributed by atoms with Crippen LogP contribution in [0.15, 0.2) is 0 Å². The molecular formula is C12H22F3N. The molecule has 0 aromatic heterocycles. The molecule has 1 heterocycles. The third kappa shape index (κ3) is 4.73. The highest BCUT2D eigenvalue weighted by Gasteiger charge is 2.31. The lowest BCUT2D eigenvalue weighted by molar-refractivity contribution is -0.138. The fraction of sp³-hybridized carbons (Fsp3) is 1.00. The molecule has 96 valence electrons. The highest BCUT2D eigenvalue weighted by atomic mass is 19.4. The van der Waals surface area contributed by atoms with Crippen LogP contribution in [-0.2, 0) is 0 Å². The fourth-order valence-electron chi connectivity index (χ4n) is 2.31. The van der Waals surface area contributed by atoms with Crippen LogP contribution < -0.4 is 0 Å². The van der Waals surface area contributed by atoms with Gasteiger partial charge in [0.1, 0.15) is 0 Å². The van der Waals surface area contributed by atoms with Crippen molar-refractivity contribution in [2.24, 2.45) is 11.3 Å². The summed E-state index contributed by atoms with van der Waals surface area (Å²) in [6, 6.07) is 0. The van der Waals surface area contributed by atoms with Gasteiger partial charge in [0, 0.05) is 6.54 Å². The average Bonchev–Trinajstić information content (AvgIpc) is 2.13. The fourth-order valence-corrected chi connectivity index (χ4v) is 2.31. The highest BCUT2D eigenvalue weighted by molar-refractivity contribution is 4.80. The topological polar surface area (TPSA) is 3.24 Å². The number of nitrogens with zero attached hydrogens (tertiary/aromatic N) is 1. The molecule has 0 N–H and O–H groups in total. The van der Waals surface area contributed by atoms with Crippen molar-refractivity contribution in [3.05, 3.63) is 0 Å². The van der Waals surface area contributed by atoms with Gasteiger partial charge >= 0.3 is 6.18 Å². The molecule has 4 heteroatoms. The van der Waals surface area contributed by atoms with Gasteiger partial charge < -0.3 is 4.90 Å². The molecular weight excluding hydrogens is 215 g/mol. The van der Waals surface area contributed by atoms with E-state index in [1.807, 2.05) is 4.90 Å². The van der Waals surface area contributed by atoms with Crippen molar-refractivity contribution in [1.82, 2.24) is 4.90 Å². The standard InChI is InChI=1S/C12H22F3N/c1-11(2,3)10-4-7-16(8-5-10)9-6-12(13,14)15/h10H,4-9H2,1-3H3. The second kappa shape index (κ2) is 4.94. The summed E-state index contributed by atoms with van der Waals surface area (Å²) >= 11 is 0. The summed E-state index contributed by atoms with van der Waals surface area (Å²) in [7, 11) is 0. The van der Waals surface area contributed by atoms with Gasteiger partial charge in [-0.2, -0.15) is 13.2 Å². The average molecular weight is 237 g/mol. The van der Waals surface area contributed by atoms with Crippen molar-refractivity contribution in [3.63, 3.8) is 0 Å². The van der Waals surface area contributed by atoms with Crippen LogP contribution >= 0.6 is 0 Å². The molecule has 0 atom stereocenters. The van der Waals surface area contributed by atoms with Crippen molar-refractivity contribution in [2.75, 3.05) is 19.6 Å². The van der Waals surface area contributed by atoms with E-state index in [0.717, 1.165) is 25.9 Å². The maximum atomic E-state index is 12.0. The summed E-state index contributed by atoms with van der Waals surface area (Å²) in [5, 5.41) is 0. The van der Waals surface area contributed by atoms with Gasteiger partial charge in [-0.1, -0.05) is 20.8 Å². The number of hydrogen-bond donors (Lipinski definition) is 0. The lowest BCUT2D eigenvalue weighted by atomic mass is 9.75. The molecule has 0 aromatic rings. The van der Waals surface area contributed by atoms with Gasteiger partial charge in [0.2, 0.25) is 0 Å². The SMILES string of the molecule is CC(C)(C)C1CCN(CCC(F)(F)F)CC1. The Morgan fingerprint density at radius 1 is 1.06 bits per heavy atom. The van der Waals surface area contributed by atoms with E-state index in [2.05, 4.69) is 20.8 Å². The maximum absolute atomic E-state index is 12.0. The molecule has 0 aromatic carbocycles. The highest BCUT2D eigenvalue weighted by Crippen LogP contribution is 2.34. The normalized spacial score (nSPS) is 21.4. The van der Waals surface area contributed by atoms with E-state index in [1.165, 1.54) is 0 Å². The zero-order valence-corrected chi connectivity index (χ0v) is 10.4. The number of piperidine rings is 1. The molecule has 1 fully saturated rings. The molecule has 1 aliphatic heterocycles. The van der Waals surface area contributed by atoms with Crippen molar-refractivity contribution in [2.45, 2.75) is 46.2 Å². The molecule has 0 saturated carbocycles. The van der Waals surface area contributed by atoms with E-state index in [9.17, 15) is 13.2 Å². The van der Waals surface area contributed by atoms with Crippen molar-refractivity contribution < 1.29 is 13.2 Å². The Labute approximate surface area is 96.0 Å². The van der Waals surface area contributed by atoms with Gasteiger partial charge in [-0.15, -0.1) is 0 Å². The first kappa shape index (κ1) is 13.8. The van der Waals surface area contributed by atoms with Crippen LogP contribution in [0.4, 0.5) is 13.2 Å². The molecule has 1 nitrogen and oxygen atoms in total. The van der Waals surface area contributed by atoms with Crippen LogP contribution in [0.3, 0.4) is 0 Å². The molecule has 0 spiro atoms. The van der Waals surface area contributed by atoms with Crippen molar-refractivity contribution >= 4 is 0 Å². The second-order valence-corrected chi connectivity index (χ2v) is 5.85. The van der Waals surface area contributed by atoms with Crippen LogP contribution in [0.2, 0.25) is 0 Å². The van der Waals surface area contributed by atoms with Crippen LogP contribution in [0.25, 0.3) is 0 Å². The van der Waals surface area contributed by atoms with Gasteiger partial charge in [0.15, 0.2) is 0 Å². The van der Waals surface area contributed by atoms with Gasteiger partial charge in [0.25, 0.3) is 0 Å². The molecule has 0 amide bonds. The lowest BCUT2D eigenvalue weighted by Gasteiger charge is -2.38. The number of alkyl halides is 3. The van der Waals surface area contributed by atoms with Gasteiger partial charge in [-0.05, 0) is 37.3 Å².